The van der Waals surface area contributed by atoms with Crippen LogP contribution in [0.5, 0.6) is 5.75 Å². The van der Waals surface area contributed by atoms with E-state index in [4.69, 9.17) is 4.74 Å². The fourth-order valence-electron chi connectivity index (χ4n) is 2.54. The zero-order valence-electron chi connectivity index (χ0n) is 14.0. The second kappa shape index (κ2) is 9.31. The van der Waals surface area contributed by atoms with Crippen molar-refractivity contribution < 1.29 is 9.13 Å². The van der Waals surface area contributed by atoms with Crippen LogP contribution in [0.2, 0.25) is 0 Å². The third-order valence-corrected chi connectivity index (χ3v) is 5.03. The molecule has 26 heavy (non-hydrogen) atoms. The van der Waals surface area contributed by atoms with Crippen molar-refractivity contribution >= 4 is 31.9 Å². The van der Waals surface area contributed by atoms with E-state index in [0.29, 0.717) is 19.7 Å². The van der Waals surface area contributed by atoms with Crippen molar-refractivity contribution in [2.45, 2.75) is 19.7 Å². The molecule has 0 atom stereocenters. The summed E-state index contributed by atoms with van der Waals surface area (Å²) >= 11 is 7.18. The van der Waals surface area contributed by atoms with Gasteiger partial charge in [0.15, 0.2) is 0 Å². The molecular formula is C21H18Br2FNO. The summed E-state index contributed by atoms with van der Waals surface area (Å²) in [4.78, 5) is 0. The Hall–Kier alpha value is -1.69. The minimum absolute atomic E-state index is 0.215. The van der Waals surface area contributed by atoms with Crippen molar-refractivity contribution in [2.24, 2.45) is 0 Å². The largest absolute Gasteiger partial charge is 0.487 e. The zero-order chi connectivity index (χ0) is 18.4. The quantitative estimate of drug-likeness (QED) is 0.435. The van der Waals surface area contributed by atoms with E-state index in [0.717, 1.165) is 31.4 Å². The van der Waals surface area contributed by atoms with Crippen LogP contribution in [0.4, 0.5) is 4.39 Å². The monoisotopic (exact) mass is 477 g/mol. The van der Waals surface area contributed by atoms with Gasteiger partial charge in [-0.15, -0.1) is 0 Å². The van der Waals surface area contributed by atoms with Crippen molar-refractivity contribution in [2.75, 3.05) is 0 Å². The molecule has 0 fully saturated rings. The van der Waals surface area contributed by atoms with E-state index < -0.39 is 0 Å². The van der Waals surface area contributed by atoms with Crippen LogP contribution < -0.4 is 10.1 Å². The molecule has 0 saturated heterocycles. The summed E-state index contributed by atoms with van der Waals surface area (Å²) < 4.78 is 20.7. The second-order valence-electron chi connectivity index (χ2n) is 5.89. The Kier molecular flexibility index (Phi) is 6.83. The van der Waals surface area contributed by atoms with Gasteiger partial charge in [-0.3, -0.25) is 0 Å². The van der Waals surface area contributed by atoms with Gasteiger partial charge >= 0.3 is 0 Å². The van der Waals surface area contributed by atoms with Gasteiger partial charge in [0.1, 0.15) is 18.2 Å². The molecule has 3 rings (SSSR count). The minimum Gasteiger partial charge on any atom is -0.487 e. The fraction of sp³-hybridized carbons (Fsp3) is 0.143. The number of hydrogen-bond acceptors (Lipinski definition) is 2. The molecule has 0 aliphatic carbocycles. The number of ether oxygens (including phenoxy) is 1. The normalized spacial score (nSPS) is 10.7. The van der Waals surface area contributed by atoms with Crippen molar-refractivity contribution in [3.63, 3.8) is 0 Å². The van der Waals surface area contributed by atoms with E-state index in [1.807, 2.05) is 42.5 Å². The van der Waals surface area contributed by atoms with E-state index in [9.17, 15) is 4.39 Å². The Balaban J connectivity index is 1.58. The van der Waals surface area contributed by atoms with Gasteiger partial charge in [0.25, 0.3) is 0 Å². The Morgan fingerprint density at radius 2 is 1.38 bits per heavy atom. The number of rotatable bonds is 7. The van der Waals surface area contributed by atoms with Crippen molar-refractivity contribution in [3.05, 3.63) is 98.2 Å². The SMILES string of the molecule is Fc1ccc(CNCc2cc(Br)c(OCc3ccccc3)c(Br)c2)cc1. The van der Waals surface area contributed by atoms with Crippen LogP contribution in [0, 0.1) is 5.82 Å². The predicted octanol–water partition coefficient (Wildman–Crippen LogP) is 6.22. The molecule has 0 radical (unpaired) electrons. The predicted molar refractivity (Wildman–Crippen MR) is 110 cm³/mol. The lowest BCUT2D eigenvalue weighted by Gasteiger charge is -2.13. The smallest absolute Gasteiger partial charge is 0.148 e. The number of benzene rings is 3. The van der Waals surface area contributed by atoms with Gasteiger partial charge in [0.2, 0.25) is 0 Å². The molecule has 0 bridgehead atoms. The first kappa shape index (κ1) is 19.1. The van der Waals surface area contributed by atoms with Crippen LogP contribution in [0.3, 0.4) is 0 Å². The third kappa shape index (κ3) is 5.40. The molecule has 0 aliphatic rings. The van der Waals surface area contributed by atoms with Gasteiger partial charge in [0, 0.05) is 13.1 Å². The van der Waals surface area contributed by atoms with E-state index in [-0.39, 0.29) is 5.82 Å². The van der Waals surface area contributed by atoms with Crippen LogP contribution in [-0.2, 0) is 19.7 Å². The van der Waals surface area contributed by atoms with Crippen molar-refractivity contribution in [1.29, 1.82) is 0 Å². The summed E-state index contributed by atoms with van der Waals surface area (Å²) in [7, 11) is 0. The van der Waals surface area contributed by atoms with E-state index in [1.165, 1.54) is 12.1 Å². The average molecular weight is 479 g/mol. The lowest BCUT2D eigenvalue weighted by molar-refractivity contribution is 0.302. The number of halogens is 3. The van der Waals surface area contributed by atoms with Crippen molar-refractivity contribution in [3.8, 4) is 5.75 Å². The zero-order valence-corrected chi connectivity index (χ0v) is 17.2. The molecule has 1 N–H and O–H groups in total. The van der Waals surface area contributed by atoms with Crippen LogP contribution in [-0.4, -0.2) is 0 Å². The summed E-state index contributed by atoms with van der Waals surface area (Å²) in [5.41, 5.74) is 3.29. The summed E-state index contributed by atoms with van der Waals surface area (Å²) in [6.45, 7) is 1.90. The molecule has 0 aliphatic heterocycles. The number of hydrogen-bond donors (Lipinski definition) is 1. The summed E-state index contributed by atoms with van der Waals surface area (Å²) in [5.74, 6) is 0.573. The van der Waals surface area contributed by atoms with Crippen LogP contribution >= 0.6 is 31.9 Å². The van der Waals surface area contributed by atoms with Gasteiger partial charge in [-0.1, -0.05) is 42.5 Å². The van der Waals surface area contributed by atoms with Gasteiger partial charge in [-0.25, -0.2) is 4.39 Å². The highest BCUT2D eigenvalue weighted by Gasteiger charge is 2.09. The highest BCUT2D eigenvalue weighted by atomic mass is 79.9. The first-order valence-electron chi connectivity index (χ1n) is 8.21. The van der Waals surface area contributed by atoms with Crippen LogP contribution in [0.25, 0.3) is 0 Å². The molecule has 2 nitrogen and oxygen atoms in total. The van der Waals surface area contributed by atoms with Gasteiger partial charge in [0.05, 0.1) is 8.95 Å². The highest BCUT2D eigenvalue weighted by Crippen LogP contribution is 2.35. The Morgan fingerprint density at radius 3 is 2.04 bits per heavy atom. The maximum absolute atomic E-state index is 12.9. The average Bonchev–Trinajstić information content (AvgIpc) is 2.63. The lowest BCUT2D eigenvalue weighted by atomic mass is 10.2. The third-order valence-electron chi connectivity index (χ3n) is 3.86. The Labute approximate surface area is 169 Å². The molecule has 0 spiro atoms. The first-order valence-corrected chi connectivity index (χ1v) is 9.80. The van der Waals surface area contributed by atoms with Crippen molar-refractivity contribution in [1.82, 2.24) is 5.32 Å². The molecule has 0 saturated carbocycles. The lowest BCUT2D eigenvalue weighted by Crippen LogP contribution is -2.12. The maximum Gasteiger partial charge on any atom is 0.148 e. The topological polar surface area (TPSA) is 21.3 Å². The summed E-state index contributed by atoms with van der Waals surface area (Å²) in [5, 5.41) is 3.36. The second-order valence-corrected chi connectivity index (χ2v) is 7.60. The molecule has 3 aromatic carbocycles. The van der Waals surface area contributed by atoms with E-state index >= 15 is 0 Å². The molecule has 134 valence electrons. The molecule has 3 aromatic rings. The maximum atomic E-state index is 12.9. The van der Waals surface area contributed by atoms with E-state index in [1.54, 1.807) is 12.1 Å². The molecule has 0 amide bonds. The molecular weight excluding hydrogens is 461 g/mol. The highest BCUT2D eigenvalue weighted by molar-refractivity contribution is 9.11. The Morgan fingerprint density at radius 1 is 0.769 bits per heavy atom. The summed E-state index contributed by atoms with van der Waals surface area (Å²) in [6.07, 6.45) is 0. The van der Waals surface area contributed by atoms with Gasteiger partial charge < -0.3 is 10.1 Å². The number of nitrogens with one attached hydrogen (secondary N) is 1. The molecule has 0 heterocycles. The minimum atomic E-state index is -0.215. The molecule has 5 heteroatoms. The van der Waals surface area contributed by atoms with Crippen LogP contribution in [0.15, 0.2) is 75.7 Å². The van der Waals surface area contributed by atoms with Gasteiger partial charge in [-0.05, 0) is 72.8 Å². The fourth-order valence-corrected chi connectivity index (χ4v) is 4.05. The standard InChI is InChI=1S/C21H18Br2FNO/c22-19-10-17(13-25-12-15-6-8-18(24)9-7-15)11-20(23)21(19)26-14-16-4-2-1-3-5-16/h1-11,25H,12-14H2. The molecule has 0 unspecified atom stereocenters. The van der Waals surface area contributed by atoms with Crippen LogP contribution in [0.1, 0.15) is 16.7 Å². The van der Waals surface area contributed by atoms with Gasteiger partial charge in [-0.2, -0.15) is 0 Å². The Bertz CT molecular complexity index is 831. The first-order chi connectivity index (χ1) is 12.6. The summed E-state index contributed by atoms with van der Waals surface area (Å²) in [6, 6.07) is 20.7. The van der Waals surface area contributed by atoms with E-state index in [2.05, 4.69) is 37.2 Å². The molecule has 0 aromatic heterocycles.